The predicted octanol–water partition coefficient (Wildman–Crippen LogP) is 0.552. The maximum Gasteiger partial charge on any atom is 0.213 e. The van der Waals surface area contributed by atoms with Gasteiger partial charge in [-0.1, -0.05) is 13.8 Å². The molecule has 0 saturated carbocycles. The molecule has 1 unspecified atom stereocenters. The first-order chi connectivity index (χ1) is 6.43. The third-order valence-electron chi connectivity index (χ3n) is 1.92. The van der Waals surface area contributed by atoms with E-state index < -0.39 is 10.0 Å². The summed E-state index contributed by atoms with van der Waals surface area (Å²) < 4.78 is 25.2. The Kier molecular flexibility index (Phi) is 6.68. The SMILES string of the molecule is CC(C)C(CCO)NS(=O)(=O)CCCl. The molecule has 4 nitrogen and oxygen atoms in total. The summed E-state index contributed by atoms with van der Waals surface area (Å²) in [5, 5.41) is 8.75. The van der Waals surface area contributed by atoms with Gasteiger partial charge in [0, 0.05) is 18.5 Å². The van der Waals surface area contributed by atoms with Crippen molar-refractivity contribution in [3.63, 3.8) is 0 Å². The molecule has 0 aromatic carbocycles. The Hall–Kier alpha value is 0.160. The summed E-state index contributed by atoms with van der Waals surface area (Å²) in [4.78, 5) is 0. The minimum atomic E-state index is -3.29. The lowest BCUT2D eigenvalue weighted by molar-refractivity contribution is 0.256. The molecule has 0 aliphatic heterocycles. The summed E-state index contributed by atoms with van der Waals surface area (Å²) in [6.07, 6.45) is 0.430. The van der Waals surface area contributed by atoms with Crippen molar-refractivity contribution in [3.8, 4) is 0 Å². The fourth-order valence-electron chi connectivity index (χ4n) is 1.06. The van der Waals surface area contributed by atoms with E-state index in [0.717, 1.165) is 0 Å². The molecule has 0 radical (unpaired) electrons. The second-order valence-electron chi connectivity index (χ2n) is 3.49. The lowest BCUT2D eigenvalue weighted by Crippen LogP contribution is -2.40. The number of halogens is 1. The van der Waals surface area contributed by atoms with Crippen LogP contribution in [0.25, 0.3) is 0 Å². The number of sulfonamides is 1. The monoisotopic (exact) mass is 243 g/mol. The maximum absolute atomic E-state index is 11.3. The van der Waals surface area contributed by atoms with E-state index in [-0.39, 0.29) is 30.2 Å². The van der Waals surface area contributed by atoms with Crippen LogP contribution in [0, 0.1) is 5.92 Å². The minimum absolute atomic E-state index is 0.0216. The Morgan fingerprint density at radius 1 is 1.43 bits per heavy atom. The fourth-order valence-corrected chi connectivity index (χ4v) is 2.84. The van der Waals surface area contributed by atoms with Gasteiger partial charge in [0.15, 0.2) is 0 Å². The minimum Gasteiger partial charge on any atom is -0.396 e. The third kappa shape index (κ3) is 5.80. The highest BCUT2D eigenvalue weighted by atomic mass is 35.5. The van der Waals surface area contributed by atoms with E-state index in [0.29, 0.717) is 6.42 Å². The molecule has 0 amide bonds. The van der Waals surface area contributed by atoms with Gasteiger partial charge in [-0.25, -0.2) is 13.1 Å². The molecule has 0 saturated heterocycles. The van der Waals surface area contributed by atoms with Crippen molar-refractivity contribution < 1.29 is 13.5 Å². The van der Waals surface area contributed by atoms with Crippen molar-refractivity contribution in [1.82, 2.24) is 4.72 Å². The van der Waals surface area contributed by atoms with Gasteiger partial charge in [0.25, 0.3) is 0 Å². The molecular formula is C8H18ClNO3S. The van der Waals surface area contributed by atoms with Gasteiger partial charge in [-0.2, -0.15) is 0 Å². The highest BCUT2D eigenvalue weighted by Crippen LogP contribution is 2.07. The quantitative estimate of drug-likeness (QED) is 0.642. The zero-order chi connectivity index (χ0) is 11.2. The van der Waals surface area contributed by atoms with Crippen molar-refractivity contribution in [2.24, 2.45) is 5.92 Å². The van der Waals surface area contributed by atoms with E-state index in [1.165, 1.54) is 0 Å². The summed E-state index contributed by atoms with van der Waals surface area (Å²) in [7, 11) is -3.29. The third-order valence-corrected chi connectivity index (χ3v) is 3.74. The Balaban J connectivity index is 4.28. The van der Waals surface area contributed by atoms with Gasteiger partial charge in [-0.3, -0.25) is 0 Å². The number of aliphatic hydroxyl groups is 1. The first-order valence-electron chi connectivity index (χ1n) is 4.59. The standard InChI is InChI=1S/C8H18ClNO3S/c1-7(2)8(3-5-11)10-14(12,13)6-4-9/h7-8,10-11H,3-6H2,1-2H3. The van der Waals surface area contributed by atoms with Crippen LogP contribution in [0.15, 0.2) is 0 Å². The number of alkyl halides is 1. The summed E-state index contributed by atoms with van der Waals surface area (Å²) in [6.45, 7) is 3.79. The average Bonchev–Trinajstić information content (AvgIpc) is 2.02. The van der Waals surface area contributed by atoms with E-state index in [4.69, 9.17) is 16.7 Å². The van der Waals surface area contributed by atoms with Crippen LogP contribution in [0.1, 0.15) is 20.3 Å². The van der Waals surface area contributed by atoms with Crippen LogP contribution in [0.2, 0.25) is 0 Å². The molecule has 86 valence electrons. The van der Waals surface area contributed by atoms with Gasteiger partial charge in [0.1, 0.15) is 0 Å². The van der Waals surface area contributed by atoms with Gasteiger partial charge in [-0.05, 0) is 12.3 Å². The number of aliphatic hydroxyl groups excluding tert-OH is 1. The molecule has 0 fully saturated rings. The molecule has 6 heteroatoms. The first kappa shape index (κ1) is 14.2. The number of rotatable bonds is 7. The van der Waals surface area contributed by atoms with Crippen molar-refractivity contribution in [2.45, 2.75) is 26.3 Å². The first-order valence-corrected chi connectivity index (χ1v) is 6.78. The van der Waals surface area contributed by atoms with Crippen LogP contribution in [0.3, 0.4) is 0 Å². The number of hydrogen-bond donors (Lipinski definition) is 2. The molecule has 0 aliphatic rings. The number of hydrogen-bond acceptors (Lipinski definition) is 3. The largest absolute Gasteiger partial charge is 0.396 e. The highest BCUT2D eigenvalue weighted by molar-refractivity contribution is 7.89. The van der Waals surface area contributed by atoms with Crippen LogP contribution in [0.5, 0.6) is 0 Å². The molecule has 14 heavy (non-hydrogen) atoms. The zero-order valence-electron chi connectivity index (χ0n) is 8.53. The molecule has 0 bridgehead atoms. The average molecular weight is 244 g/mol. The van der Waals surface area contributed by atoms with E-state index in [9.17, 15) is 8.42 Å². The van der Waals surface area contributed by atoms with Crippen LogP contribution < -0.4 is 4.72 Å². The van der Waals surface area contributed by atoms with E-state index in [1.54, 1.807) is 0 Å². The van der Waals surface area contributed by atoms with Crippen molar-refractivity contribution >= 4 is 21.6 Å². The summed E-state index contributed by atoms with van der Waals surface area (Å²) >= 11 is 5.36. The van der Waals surface area contributed by atoms with Crippen molar-refractivity contribution in [1.29, 1.82) is 0 Å². The summed E-state index contributed by atoms with van der Waals surface area (Å²) in [5.74, 6) is 0.162. The van der Waals surface area contributed by atoms with Crippen LogP contribution >= 0.6 is 11.6 Å². The zero-order valence-corrected chi connectivity index (χ0v) is 10.1. The smallest absolute Gasteiger partial charge is 0.213 e. The van der Waals surface area contributed by atoms with E-state index in [2.05, 4.69) is 4.72 Å². The second kappa shape index (κ2) is 6.61. The molecule has 2 N–H and O–H groups in total. The molecule has 0 rings (SSSR count). The van der Waals surface area contributed by atoms with Gasteiger partial charge in [0.2, 0.25) is 10.0 Å². The Labute approximate surface area is 90.7 Å². The molecule has 0 aromatic heterocycles. The molecule has 1 atom stereocenters. The van der Waals surface area contributed by atoms with E-state index in [1.807, 2.05) is 13.8 Å². The Morgan fingerprint density at radius 2 is 2.00 bits per heavy atom. The predicted molar refractivity (Wildman–Crippen MR) is 58.0 cm³/mol. The van der Waals surface area contributed by atoms with E-state index >= 15 is 0 Å². The molecule has 0 aliphatic carbocycles. The molecule has 0 aromatic rings. The summed E-state index contributed by atoms with van der Waals surface area (Å²) in [5.41, 5.74) is 0. The van der Waals surface area contributed by atoms with Crippen LogP contribution in [-0.4, -0.2) is 37.8 Å². The number of nitrogens with one attached hydrogen (secondary N) is 1. The molecule has 0 heterocycles. The normalized spacial score (nSPS) is 14.6. The van der Waals surface area contributed by atoms with Crippen LogP contribution in [0.4, 0.5) is 0 Å². The lowest BCUT2D eigenvalue weighted by atomic mass is 10.0. The molecular weight excluding hydrogens is 226 g/mol. The highest BCUT2D eigenvalue weighted by Gasteiger charge is 2.19. The van der Waals surface area contributed by atoms with Crippen LogP contribution in [-0.2, 0) is 10.0 Å². The maximum atomic E-state index is 11.3. The molecule has 0 spiro atoms. The van der Waals surface area contributed by atoms with Crippen molar-refractivity contribution in [2.75, 3.05) is 18.2 Å². The van der Waals surface area contributed by atoms with Gasteiger partial charge in [0.05, 0.1) is 5.75 Å². The Morgan fingerprint density at radius 3 is 2.36 bits per heavy atom. The van der Waals surface area contributed by atoms with Gasteiger partial charge in [-0.15, -0.1) is 11.6 Å². The lowest BCUT2D eigenvalue weighted by Gasteiger charge is -2.20. The van der Waals surface area contributed by atoms with Gasteiger partial charge < -0.3 is 5.11 Å². The summed E-state index contributed by atoms with van der Waals surface area (Å²) in [6, 6.07) is -0.215. The topological polar surface area (TPSA) is 66.4 Å². The second-order valence-corrected chi connectivity index (χ2v) is 5.74. The Bertz CT molecular complexity index is 241. The van der Waals surface area contributed by atoms with Crippen molar-refractivity contribution in [3.05, 3.63) is 0 Å². The fraction of sp³-hybridized carbons (Fsp3) is 1.00. The van der Waals surface area contributed by atoms with Gasteiger partial charge >= 0.3 is 0 Å².